The maximum Gasteiger partial charge on any atom is 0.304 e. The number of carboxylic acid groups (broad SMARTS) is 1. The first kappa shape index (κ1) is 12.1. The van der Waals surface area contributed by atoms with Crippen molar-refractivity contribution in [1.82, 2.24) is 4.31 Å². The summed E-state index contributed by atoms with van der Waals surface area (Å²) in [5.74, 6) is -1.48. The van der Waals surface area contributed by atoms with Gasteiger partial charge in [0.25, 0.3) is 0 Å². The van der Waals surface area contributed by atoms with Crippen molar-refractivity contribution in [2.75, 3.05) is 19.3 Å². The van der Waals surface area contributed by atoms with Crippen molar-refractivity contribution in [3.05, 3.63) is 12.7 Å². The third-order valence-electron chi connectivity index (χ3n) is 1.43. The molecule has 0 heterocycles. The van der Waals surface area contributed by atoms with Crippen molar-refractivity contribution in [2.45, 2.75) is 6.42 Å². The van der Waals surface area contributed by atoms with Gasteiger partial charge in [-0.3, -0.25) is 4.79 Å². The van der Waals surface area contributed by atoms with E-state index in [-0.39, 0.29) is 18.7 Å². The van der Waals surface area contributed by atoms with Crippen molar-refractivity contribution < 1.29 is 18.3 Å². The molecule has 0 radical (unpaired) electrons. The highest BCUT2D eigenvalue weighted by Gasteiger charge is 2.17. The van der Waals surface area contributed by atoms with Crippen LogP contribution in [0.2, 0.25) is 0 Å². The van der Waals surface area contributed by atoms with Crippen molar-refractivity contribution in [3.63, 3.8) is 0 Å². The smallest absolute Gasteiger partial charge is 0.304 e. The quantitative estimate of drug-likeness (QED) is 0.618. The maximum absolute atomic E-state index is 11.2. The summed E-state index contributed by atoms with van der Waals surface area (Å²) >= 11 is 0. The van der Waals surface area contributed by atoms with E-state index in [0.717, 1.165) is 4.31 Å². The van der Waals surface area contributed by atoms with Crippen LogP contribution in [0.5, 0.6) is 0 Å². The highest BCUT2D eigenvalue weighted by molar-refractivity contribution is 7.89. The van der Waals surface area contributed by atoms with Gasteiger partial charge in [-0.2, -0.15) is 0 Å². The highest BCUT2D eigenvalue weighted by Crippen LogP contribution is 1.99. The Morgan fingerprint density at radius 2 is 2.15 bits per heavy atom. The molecular formula is C7H13NO4S. The van der Waals surface area contributed by atoms with Gasteiger partial charge in [0.05, 0.1) is 12.2 Å². The normalized spacial score (nSPS) is 11.5. The second-order valence-electron chi connectivity index (χ2n) is 2.53. The van der Waals surface area contributed by atoms with Gasteiger partial charge in [0, 0.05) is 13.6 Å². The van der Waals surface area contributed by atoms with Crippen LogP contribution < -0.4 is 0 Å². The molecule has 6 heteroatoms. The van der Waals surface area contributed by atoms with Crippen molar-refractivity contribution >= 4 is 16.0 Å². The summed E-state index contributed by atoms with van der Waals surface area (Å²) < 4.78 is 23.6. The summed E-state index contributed by atoms with van der Waals surface area (Å²) in [4.78, 5) is 10.1. The average molecular weight is 207 g/mol. The molecule has 0 atom stereocenters. The highest BCUT2D eigenvalue weighted by atomic mass is 32.2. The molecule has 5 nitrogen and oxygen atoms in total. The van der Waals surface area contributed by atoms with Crippen LogP contribution in [0.4, 0.5) is 0 Å². The Morgan fingerprint density at radius 1 is 1.62 bits per heavy atom. The number of rotatable bonds is 6. The zero-order valence-electron chi connectivity index (χ0n) is 7.43. The Morgan fingerprint density at radius 3 is 2.54 bits per heavy atom. The molecule has 0 aliphatic carbocycles. The fourth-order valence-corrected chi connectivity index (χ4v) is 1.74. The Kier molecular flexibility index (Phi) is 4.64. The van der Waals surface area contributed by atoms with Crippen LogP contribution in [0.15, 0.2) is 12.7 Å². The first-order valence-electron chi connectivity index (χ1n) is 3.67. The lowest BCUT2D eigenvalue weighted by Crippen LogP contribution is -2.30. The van der Waals surface area contributed by atoms with Gasteiger partial charge in [0.15, 0.2) is 0 Å². The van der Waals surface area contributed by atoms with Crippen LogP contribution in [0, 0.1) is 0 Å². The Bertz CT molecular complexity index is 283. The molecular weight excluding hydrogens is 194 g/mol. The van der Waals surface area contributed by atoms with Crippen LogP contribution >= 0.6 is 0 Å². The number of hydrogen-bond acceptors (Lipinski definition) is 3. The molecule has 0 aromatic heterocycles. The van der Waals surface area contributed by atoms with Crippen molar-refractivity contribution in [2.24, 2.45) is 0 Å². The molecule has 76 valence electrons. The van der Waals surface area contributed by atoms with E-state index in [4.69, 9.17) is 5.11 Å². The summed E-state index contributed by atoms with van der Waals surface area (Å²) in [5.41, 5.74) is 0. The van der Waals surface area contributed by atoms with Crippen LogP contribution in [0.3, 0.4) is 0 Å². The topological polar surface area (TPSA) is 74.7 Å². The predicted molar refractivity (Wildman–Crippen MR) is 48.9 cm³/mol. The predicted octanol–water partition coefficient (Wildman–Crippen LogP) is -0.0913. The molecule has 0 bridgehead atoms. The first-order chi connectivity index (χ1) is 5.90. The number of sulfonamides is 1. The second kappa shape index (κ2) is 4.98. The fraction of sp³-hybridized carbons (Fsp3) is 0.571. The Labute approximate surface area is 77.7 Å². The lowest BCUT2D eigenvalue weighted by molar-refractivity contribution is -0.136. The zero-order valence-corrected chi connectivity index (χ0v) is 8.25. The standard InChI is InChI=1S/C7H13NO4S/c1-3-5-8(2)13(11,12)6-4-7(9)10/h3H,1,4-6H2,2H3,(H,9,10). The molecule has 0 rings (SSSR count). The monoisotopic (exact) mass is 207 g/mol. The van der Waals surface area contributed by atoms with Crippen LogP contribution in [0.1, 0.15) is 6.42 Å². The van der Waals surface area contributed by atoms with E-state index in [0.29, 0.717) is 0 Å². The molecule has 0 spiro atoms. The Balaban J connectivity index is 4.22. The lowest BCUT2D eigenvalue weighted by atomic mass is 10.5. The van der Waals surface area contributed by atoms with Gasteiger partial charge < -0.3 is 5.11 Å². The van der Waals surface area contributed by atoms with E-state index in [1.54, 1.807) is 0 Å². The third kappa shape index (κ3) is 4.64. The molecule has 0 saturated carbocycles. The van der Waals surface area contributed by atoms with Gasteiger partial charge in [-0.1, -0.05) is 6.08 Å². The van der Waals surface area contributed by atoms with E-state index in [1.165, 1.54) is 13.1 Å². The minimum absolute atomic E-state index is 0.196. The van der Waals surface area contributed by atoms with Crippen LogP contribution in [-0.4, -0.2) is 43.1 Å². The number of hydrogen-bond donors (Lipinski definition) is 1. The largest absolute Gasteiger partial charge is 0.481 e. The zero-order chi connectivity index (χ0) is 10.5. The van der Waals surface area contributed by atoms with E-state index >= 15 is 0 Å². The summed E-state index contributed by atoms with van der Waals surface area (Å²) in [6.45, 7) is 3.58. The van der Waals surface area contributed by atoms with Crippen LogP contribution in [0.25, 0.3) is 0 Å². The van der Waals surface area contributed by atoms with Gasteiger partial charge in [-0.15, -0.1) is 6.58 Å². The van der Waals surface area contributed by atoms with Gasteiger partial charge >= 0.3 is 5.97 Å². The van der Waals surface area contributed by atoms with Crippen molar-refractivity contribution in [3.8, 4) is 0 Å². The summed E-state index contributed by atoms with van der Waals surface area (Å²) in [6, 6.07) is 0. The molecule has 0 saturated heterocycles. The van der Waals surface area contributed by atoms with Gasteiger partial charge in [0.2, 0.25) is 10.0 Å². The van der Waals surface area contributed by atoms with E-state index < -0.39 is 16.0 Å². The number of nitrogens with zero attached hydrogens (tertiary/aromatic N) is 1. The van der Waals surface area contributed by atoms with E-state index in [2.05, 4.69) is 6.58 Å². The van der Waals surface area contributed by atoms with Gasteiger partial charge in [0.1, 0.15) is 0 Å². The Hall–Kier alpha value is -0.880. The van der Waals surface area contributed by atoms with Crippen molar-refractivity contribution in [1.29, 1.82) is 0 Å². The van der Waals surface area contributed by atoms with Crippen LogP contribution in [-0.2, 0) is 14.8 Å². The molecule has 0 unspecified atom stereocenters. The summed E-state index contributed by atoms with van der Waals surface area (Å²) in [7, 11) is -2.05. The van der Waals surface area contributed by atoms with Gasteiger partial charge in [-0.25, -0.2) is 12.7 Å². The summed E-state index contributed by atoms with van der Waals surface area (Å²) in [5, 5.41) is 8.29. The second-order valence-corrected chi connectivity index (χ2v) is 4.72. The molecule has 0 fully saturated rings. The maximum atomic E-state index is 11.2. The first-order valence-corrected chi connectivity index (χ1v) is 5.27. The molecule has 0 aromatic carbocycles. The summed E-state index contributed by atoms with van der Waals surface area (Å²) in [6.07, 6.45) is 1.07. The molecule has 0 aromatic rings. The molecule has 1 N–H and O–H groups in total. The lowest BCUT2D eigenvalue weighted by Gasteiger charge is -2.13. The minimum atomic E-state index is -3.44. The molecule has 0 amide bonds. The average Bonchev–Trinajstić information content (AvgIpc) is 2.01. The van der Waals surface area contributed by atoms with E-state index in [1.807, 2.05) is 0 Å². The number of aliphatic carboxylic acids is 1. The minimum Gasteiger partial charge on any atom is -0.481 e. The molecule has 0 aliphatic rings. The SMILES string of the molecule is C=CCN(C)S(=O)(=O)CCC(=O)O. The number of carbonyl (C=O) groups is 1. The number of carboxylic acids is 1. The molecule has 13 heavy (non-hydrogen) atoms. The fourth-order valence-electron chi connectivity index (χ4n) is 0.667. The van der Waals surface area contributed by atoms with E-state index in [9.17, 15) is 13.2 Å². The third-order valence-corrected chi connectivity index (χ3v) is 3.25. The molecule has 0 aliphatic heterocycles. The van der Waals surface area contributed by atoms with Gasteiger partial charge in [-0.05, 0) is 0 Å². The number of likely N-dealkylation sites (N-methyl/N-ethyl adjacent to an activating group) is 1.